The van der Waals surface area contributed by atoms with Gasteiger partial charge in [0.25, 0.3) is 0 Å². The Morgan fingerprint density at radius 2 is 1.93 bits per heavy atom. The molecule has 3 heteroatoms. The van der Waals surface area contributed by atoms with Crippen molar-refractivity contribution in [1.82, 2.24) is 0 Å². The number of hydrogen-bond acceptors (Lipinski definition) is 1. The van der Waals surface area contributed by atoms with Gasteiger partial charge in [0.05, 0.1) is 4.99 Å². The molecule has 0 amide bonds. The maximum atomic E-state index is 5.56. The molecule has 0 aliphatic heterocycles. The highest BCUT2D eigenvalue weighted by Crippen LogP contribution is 2.29. The van der Waals surface area contributed by atoms with E-state index in [1.165, 1.54) is 16.7 Å². The van der Waals surface area contributed by atoms with Crippen LogP contribution < -0.4 is 5.73 Å². The van der Waals surface area contributed by atoms with Crippen LogP contribution in [0.4, 0.5) is 0 Å². The third kappa shape index (κ3) is 3.28. The molecule has 0 aliphatic carbocycles. The van der Waals surface area contributed by atoms with Crippen LogP contribution in [-0.4, -0.2) is 4.99 Å². The van der Waals surface area contributed by atoms with Crippen LogP contribution in [0, 0.1) is 13.8 Å². The molecule has 1 aromatic carbocycles. The predicted octanol–water partition coefficient (Wildman–Crippen LogP) is 3.85. The topological polar surface area (TPSA) is 26.0 Å². The van der Waals surface area contributed by atoms with E-state index < -0.39 is 0 Å². The third-order valence-corrected chi connectivity index (χ3v) is 3.50. The summed E-state index contributed by atoms with van der Waals surface area (Å²) in [5, 5.41) is 0. The molecule has 1 rings (SSSR count). The molecule has 1 aromatic rings. The highest BCUT2D eigenvalue weighted by Gasteiger charge is 2.11. The molecule has 1 nitrogen and oxygen atoms in total. The van der Waals surface area contributed by atoms with Crippen molar-refractivity contribution in [2.24, 2.45) is 5.73 Å². The monoisotopic (exact) mass is 285 g/mol. The number of rotatable bonds is 3. The number of aryl methyl sites for hydroxylation is 2. The van der Waals surface area contributed by atoms with Crippen LogP contribution in [0.3, 0.4) is 0 Å². The zero-order valence-corrected chi connectivity index (χ0v) is 11.7. The molecule has 0 spiro atoms. The van der Waals surface area contributed by atoms with Gasteiger partial charge in [-0.3, -0.25) is 0 Å². The van der Waals surface area contributed by atoms with Crippen LogP contribution in [0.1, 0.15) is 36.0 Å². The van der Waals surface area contributed by atoms with E-state index in [9.17, 15) is 0 Å². The maximum Gasteiger partial charge on any atom is 0.0733 e. The van der Waals surface area contributed by atoms with Crippen molar-refractivity contribution < 1.29 is 0 Å². The summed E-state index contributed by atoms with van der Waals surface area (Å²) in [6.07, 6.45) is 0.760. The highest BCUT2D eigenvalue weighted by atomic mass is 79.9. The second-order valence-corrected chi connectivity index (χ2v) is 5.41. The minimum absolute atomic E-state index is 0.371. The molecule has 0 aromatic heterocycles. The van der Waals surface area contributed by atoms with Crippen molar-refractivity contribution in [3.8, 4) is 0 Å². The number of thiocarbonyl (C=S) groups is 1. The van der Waals surface area contributed by atoms with Gasteiger partial charge in [-0.1, -0.05) is 41.1 Å². The second kappa shape index (κ2) is 5.08. The standard InChI is InChI=1S/C12H16BrNS/c1-7-4-10(9(3)6-12(14)15)11(13)5-8(7)2/h4-5,9H,6H2,1-3H3,(H2,14,15). The molecule has 15 heavy (non-hydrogen) atoms. The van der Waals surface area contributed by atoms with Crippen molar-refractivity contribution in [2.45, 2.75) is 33.1 Å². The summed E-state index contributed by atoms with van der Waals surface area (Å²) < 4.78 is 1.15. The summed E-state index contributed by atoms with van der Waals surface area (Å²) in [7, 11) is 0. The second-order valence-electron chi connectivity index (χ2n) is 4.03. The Hall–Kier alpha value is -0.410. The zero-order chi connectivity index (χ0) is 11.6. The van der Waals surface area contributed by atoms with Gasteiger partial charge < -0.3 is 5.73 Å². The van der Waals surface area contributed by atoms with E-state index in [4.69, 9.17) is 18.0 Å². The lowest BCUT2D eigenvalue weighted by Gasteiger charge is -2.15. The summed E-state index contributed by atoms with van der Waals surface area (Å²) in [5.41, 5.74) is 9.46. The molecular weight excluding hydrogens is 270 g/mol. The van der Waals surface area contributed by atoms with E-state index in [1.807, 2.05) is 0 Å². The molecule has 1 unspecified atom stereocenters. The minimum Gasteiger partial charge on any atom is -0.393 e. The zero-order valence-electron chi connectivity index (χ0n) is 9.30. The number of benzene rings is 1. The van der Waals surface area contributed by atoms with Gasteiger partial charge in [-0.15, -0.1) is 0 Å². The molecule has 0 bridgehead atoms. The van der Waals surface area contributed by atoms with Crippen LogP contribution in [0.25, 0.3) is 0 Å². The fourth-order valence-corrected chi connectivity index (χ4v) is 2.69. The van der Waals surface area contributed by atoms with Crippen molar-refractivity contribution in [2.75, 3.05) is 0 Å². The first-order valence-corrected chi connectivity index (χ1v) is 6.17. The molecular formula is C12H16BrNS. The summed E-state index contributed by atoms with van der Waals surface area (Å²) in [5.74, 6) is 0.371. The lowest BCUT2D eigenvalue weighted by Crippen LogP contribution is -2.12. The molecule has 0 aliphatic rings. The molecule has 2 N–H and O–H groups in total. The molecule has 82 valence electrons. The average molecular weight is 286 g/mol. The van der Waals surface area contributed by atoms with Gasteiger partial charge >= 0.3 is 0 Å². The van der Waals surface area contributed by atoms with Gasteiger partial charge in [0.1, 0.15) is 0 Å². The van der Waals surface area contributed by atoms with Gasteiger partial charge in [0.15, 0.2) is 0 Å². The van der Waals surface area contributed by atoms with E-state index >= 15 is 0 Å². The van der Waals surface area contributed by atoms with E-state index in [1.54, 1.807) is 0 Å². The summed E-state index contributed by atoms with van der Waals surface area (Å²) in [6.45, 7) is 6.38. The molecule has 0 radical (unpaired) electrons. The molecule has 0 heterocycles. The van der Waals surface area contributed by atoms with Gasteiger partial charge in [-0.2, -0.15) is 0 Å². The van der Waals surface area contributed by atoms with E-state index in [0.29, 0.717) is 10.9 Å². The van der Waals surface area contributed by atoms with Crippen molar-refractivity contribution >= 4 is 33.1 Å². The van der Waals surface area contributed by atoms with E-state index in [2.05, 4.69) is 48.8 Å². The molecule has 0 saturated heterocycles. The van der Waals surface area contributed by atoms with Crippen molar-refractivity contribution in [1.29, 1.82) is 0 Å². The highest BCUT2D eigenvalue weighted by molar-refractivity contribution is 9.10. The van der Waals surface area contributed by atoms with Gasteiger partial charge in [-0.05, 0) is 42.5 Å². The molecule has 1 atom stereocenters. The quantitative estimate of drug-likeness (QED) is 0.854. The summed E-state index contributed by atoms with van der Waals surface area (Å²) >= 11 is 8.52. The summed E-state index contributed by atoms with van der Waals surface area (Å²) in [4.78, 5) is 0.577. The third-order valence-electron chi connectivity index (χ3n) is 2.65. The van der Waals surface area contributed by atoms with Crippen LogP contribution >= 0.6 is 28.1 Å². The van der Waals surface area contributed by atoms with Gasteiger partial charge in [-0.25, -0.2) is 0 Å². The lowest BCUT2D eigenvalue weighted by atomic mass is 9.94. The van der Waals surface area contributed by atoms with E-state index in [0.717, 1.165) is 10.9 Å². The Morgan fingerprint density at radius 3 is 2.47 bits per heavy atom. The Kier molecular flexibility index (Phi) is 4.29. The van der Waals surface area contributed by atoms with Crippen LogP contribution in [-0.2, 0) is 0 Å². The first kappa shape index (κ1) is 12.7. The number of hydrogen-bond donors (Lipinski definition) is 1. The average Bonchev–Trinajstić information content (AvgIpc) is 2.09. The fraction of sp³-hybridized carbons (Fsp3) is 0.417. The van der Waals surface area contributed by atoms with E-state index in [-0.39, 0.29) is 0 Å². The maximum absolute atomic E-state index is 5.56. The first-order valence-electron chi connectivity index (χ1n) is 4.96. The lowest BCUT2D eigenvalue weighted by molar-refractivity contribution is 0.800. The van der Waals surface area contributed by atoms with Crippen LogP contribution in [0.15, 0.2) is 16.6 Å². The van der Waals surface area contributed by atoms with Gasteiger partial charge in [0.2, 0.25) is 0 Å². The predicted molar refractivity (Wildman–Crippen MR) is 73.4 cm³/mol. The Labute approximate surface area is 105 Å². The summed E-state index contributed by atoms with van der Waals surface area (Å²) in [6, 6.07) is 4.36. The molecule has 0 fully saturated rings. The fourth-order valence-electron chi connectivity index (χ4n) is 1.59. The Bertz CT molecular complexity index is 387. The first-order chi connectivity index (χ1) is 6.91. The van der Waals surface area contributed by atoms with Gasteiger partial charge in [0, 0.05) is 10.9 Å². The van der Waals surface area contributed by atoms with Crippen LogP contribution in [0.5, 0.6) is 0 Å². The Balaban J connectivity index is 3.03. The van der Waals surface area contributed by atoms with Crippen LogP contribution in [0.2, 0.25) is 0 Å². The smallest absolute Gasteiger partial charge is 0.0733 e. The Morgan fingerprint density at radius 1 is 1.40 bits per heavy atom. The van der Waals surface area contributed by atoms with Crippen molar-refractivity contribution in [3.05, 3.63) is 33.3 Å². The minimum atomic E-state index is 0.371. The van der Waals surface area contributed by atoms with Crippen molar-refractivity contribution in [3.63, 3.8) is 0 Å². The SMILES string of the molecule is Cc1cc(Br)c(C(C)CC(N)=S)cc1C. The number of nitrogens with two attached hydrogens (primary N) is 1. The number of halogens is 1. The normalized spacial score (nSPS) is 12.5. The molecule has 0 saturated carbocycles. The largest absolute Gasteiger partial charge is 0.393 e.